The highest BCUT2D eigenvalue weighted by Gasteiger charge is 2.41. The zero-order valence-electron chi connectivity index (χ0n) is 15.9. The summed E-state index contributed by atoms with van der Waals surface area (Å²) in [6.45, 7) is 6.32. The fourth-order valence-electron chi connectivity index (χ4n) is 4.66. The topological polar surface area (TPSA) is 42.2 Å². The number of hydrogen-bond acceptors (Lipinski definition) is 3. The minimum atomic E-state index is -0.217. The van der Waals surface area contributed by atoms with Crippen molar-refractivity contribution in [3.63, 3.8) is 0 Å². The van der Waals surface area contributed by atoms with Gasteiger partial charge in [0, 0.05) is 23.2 Å². The number of ketones is 1. The third-order valence-electron chi connectivity index (χ3n) is 5.78. The van der Waals surface area contributed by atoms with Gasteiger partial charge in [0.1, 0.15) is 17.6 Å². The molecule has 1 N–H and O–H groups in total. The van der Waals surface area contributed by atoms with Gasteiger partial charge in [0.2, 0.25) is 0 Å². The summed E-state index contributed by atoms with van der Waals surface area (Å²) in [6, 6.07) is 16.4. The van der Waals surface area contributed by atoms with Crippen LogP contribution in [0.1, 0.15) is 49.8 Å². The minimum Gasteiger partial charge on any atom is -0.464 e. The fraction of sp³-hybridized carbons (Fsp3) is 0.292. The molecular weight excluding hydrogens is 334 g/mol. The molecule has 5 rings (SSSR count). The lowest BCUT2D eigenvalue weighted by Gasteiger charge is -2.39. The molecule has 3 heteroatoms. The first-order valence-electron chi connectivity index (χ1n) is 9.54. The smallest absolute Gasteiger partial charge is 0.162 e. The third kappa shape index (κ3) is 2.53. The van der Waals surface area contributed by atoms with Crippen LogP contribution in [0.4, 0.5) is 5.69 Å². The van der Waals surface area contributed by atoms with Crippen LogP contribution in [0.5, 0.6) is 0 Å². The number of nitrogens with one attached hydrogen (secondary N) is 1. The number of carbonyl (C=O) groups excluding carboxylic acids is 1. The first kappa shape index (κ1) is 16.4. The molecule has 3 nitrogen and oxygen atoms in total. The molecule has 0 radical (unpaired) electrons. The van der Waals surface area contributed by atoms with Gasteiger partial charge in [-0.25, -0.2) is 0 Å². The predicted octanol–water partition coefficient (Wildman–Crippen LogP) is 6.05. The van der Waals surface area contributed by atoms with E-state index in [-0.39, 0.29) is 17.2 Å². The van der Waals surface area contributed by atoms with Gasteiger partial charge in [-0.05, 0) is 53.3 Å². The van der Waals surface area contributed by atoms with E-state index < -0.39 is 0 Å². The van der Waals surface area contributed by atoms with Gasteiger partial charge < -0.3 is 9.73 Å². The van der Waals surface area contributed by atoms with E-state index in [0.29, 0.717) is 6.42 Å². The molecule has 0 bridgehead atoms. The van der Waals surface area contributed by atoms with Crippen LogP contribution in [0.3, 0.4) is 0 Å². The van der Waals surface area contributed by atoms with Crippen molar-refractivity contribution in [1.29, 1.82) is 0 Å². The van der Waals surface area contributed by atoms with Crippen LogP contribution < -0.4 is 5.32 Å². The van der Waals surface area contributed by atoms with Crippen LogP contribution in [0.15, 0.2) is 58.5 Å². The second kappa shape index (κ2) is 5.59. The summed E-state index contributed by atoms with van der Waals surface area (Å²) in [5.41, 5.74) is 4.29. The number of hydrogen-bond donors (Lipinski definition) is 1. The van der Waals surface area contributed by atoms with E-state index in [1.165, 1.54) is 21.9 Å². The SMILES string of the molecule is Cc1ccc([C@H]2Nc3ccc4ccccc4c3C3=C2C(=O)CC(C)(C)C3)o1. The summed E-state index contributed by atoms with van der Waals surface area (Å²) in [4.78, 5) is 13.2. The Kier molecular flexibility index (Phi) is 3.39. The largest absolute Gasteiger partial charge is 0.464 e. The molecule has 0 amide bonds. The number of allylic oxidation sites excluding steroid dienone is 1. The molecule has 2 aliphatic rings. The van der Waals surface area contributed by atoms with Crippen molar-refractivity contribution >= 4 is 27.8 Å². The molecule has 0 spiro atoms. The Balaban J connectivity index is 1.81. The van der Waals surface area contributed by atoms with Crippen LogP contribution in [0.2, 0.25) is 0 Å². The Morgan fingerprint density at radius 3 is 2.63 bits per heavy atom. The molecule has 1 aromatic heterocycles. The van der Waals surface area contributed by atoms with Gasteiger partial charge in [0.25, 0.3) is 0 Å². The average Bonchev–Trinajstić information content (AvgIpc) is 3.05. The average molecular weight is 357 g/mol. The lowest BCUT2D eigenvalue weighted by atomic mass is 9.68. The van der Waals surface area contributed by atoms with Crippen molar-refractivity contribution in [2.45, 2.75) is 39.7 Å². The van der Waals surface area contributed by atoms with Gasteiger partial charge in [-0.1, -0.05) is 44.2 Å². The zero-order valence-corrected chi connectivity index (χ0v) is 15.9. The molecule has 0 fully saturated rings. The van der Waals surface area contributed by atoms with Crippen LogP contribution >= 0.6 is 0 Å². The van der Waals surface area contributed by atoms with Crippen LogP contribution in [0.25, 0.3) is 16.3 Å². The second-order valence-corrected chi connectivity index (χ2v) is 8.57. The van der Waals surface area contributed by atoms with E-state index in [0.717, 1.165) is 29.2 Å². The number of fused-ring (bicyclic) bond motifs is 4. The highest BCUT2D eigenvalue weighted by Crippen LogP contribution is 2.52. The number of benzene rings is 2. The number of carbonyl (C=O) groups is 1. The first-order valence-corrected chi connectivity index (χ1v) is 9.54. The highest BCUT2D eigenvalue weighted by atomic mass is 16.3. The molecule has 3 aromatic rings. The summed E-state index contributed by atoms with van der Waals surface area (Å²) >= 11 is 0. The molecule has 0 saturated carbocycles. The third-order valence-corrected chi connectivity index (χ3v) is 5.78. The Morgan fingerprint density at radius 1 is 1.04 bits per heavy atom. The Hall–Kier alpha value is -2.81. The van der Waals surface area contributed by atoms with Gasteiger partial charge in [0.15, 0.2) is 5.78 Å². The maximum absolute atomic E-state index is 13.2. The van der Waals surface area contributed by atoms with E-state index in [2.05, 4.69) is 55.6 Å². The molecule has 2 aromatic carbocycles. The molecule has 1 aliphatic carbocycles. The monoisotopic (exact) mass is 357 g/mol. The molecule has 0 unspecified atom stereocenters. The number of furan rings is 1. The van der Waals surface area contributed by atoms with E-state index in [1.807, 2.05) is 19.1 Å². The van der Waals surface area contributed by atoms with Gasteiger partial charge in [-0.15, -0.1) is 0 Å². The van der Waals surface area contributed by atoms with E-state index in [4.69, 9.17) is 4.42 Å². The quantitative estimate of drug-likeness (QED) is 0.576. The van der Waals surface area contributed by atoms with Gasteiger partial charge in [-0.3, -0.25) is 4.79 Å². The molecular formula is C24H23NO2. The van der Waals surface area contributed by atoms with Crippen LogP contribution in [0, 0.1) is 12.3 Å². The van der Waals surface area contributed by atoms with E-state index >= 15 is 0 Å². The van der Waals surface area contributed by atoms with Crippen LogP contribution in [-0.2, 0) is 4.79 Å². The standard InChI is InChI=1S/C24H23NO2/c1-14-8-11-20(27-14)23-22-17(12-24(2,3)13-19(22)26)21-16-7-5-4-6-15(16)9-10-18(21)25-23/h4-11,23,25H,12-13H2,1-3H3/t23-/m1/s1. The van der Waals surface area contributed by atoms with Gasteiger partial charge >= 0.3 is 0 Å². The number of rotatable bonds is 1. The van der Waals surface area contributed by atoms with Crippen molar-refractivity contribution in [3.05, 3.63) is 71.2 Å². The number of anilines is 1. The van der Waals surface area contributed by atoms with Crippen LogP contribution in [-0.4, -0.2) is 5.78 Å². The normalized spacial score (nSPS) is 21.0. The lowest BCUT2D eigenvalue weighted by molar-refractivity contribution is -0.118. The van der Waals surface area contributed by atoms with Crippen molar-refractivity contribution in [2.24, 2.45) is 5.41 Å². The Morgan fingerprint density at radius 2 is 1.85 bits per heavy atom. The summed E-state index contributed by atoms with van der Waals surface area (Å²) in [5, 5.41) is 6.01. The summed E-state index contributed by atoms with van der Waals surface area (Å²) in [7, 11) is 0. The number of Topliss-reactive ketones (excluding diaryl/α,β-unsaturated/α-hetero) is 1. The summed E-state index contributed by atoms with van der Waals surface area (Å²) in [6.07, 6.45) is 1.47. The van der Waals surface area contributed by atoms with Crippen molar-refractivity contribution in [2.75, 3.05) is 5.32 Å². The predicted molar refractivity (Wildman–Crippen MR) is 109 cm³/mol. The Labute approximate surface area is 159 Å². The van der Waals surface area contributed by atoms with Gasteiger partial charge in [0.05, 0.1) is 0 Å². The first-order chi connectivity index (χ1) is 12.9. The summed E-state index contributed by atoms with van der Waals surface area (Å²) in [5.74, 6) is 1.90. The highest BCUT2D eigenvalue weighted by molar-refractivity contribution is 6.12. The Bertz CT molecular complexity index is 1120. The maximum atomic E-state index is 13.2. The molecule has 2 heterocycles. The van der Waals surface area contributed by atoms with E-state index in [1.54, 1.807) is 0 Å². The maximum Gasteiger partial charge on any atom is 0.162 e. The number of aryl methyl sites for hydroxylation is 1. The van der Waals surface area contributed by atoms with Crippen molar-refractivity contribution in [3.8, 4) is 0 Å². The zero-order chi connectivity index (χ0) is 18.8. The molecule has 1 atom stereocenters. The minimum absolute atomic E-state index is 0.0366. The second-order valence-electron chi connectivity index (χ2n) is 8.57. The van der Waals surface area contributed by atoms with Crippen molar-refractivity contribution in [1.82, 2.24) is 0 Å². The fourth-order valence-corrected chi connectivity index (χ4v) is 4.66. The van der Waals surface area contributed by atoms with E-state index in [9.17, 15) is 4.79 Å². The summed E-state index contributed by atoms with van der Waals surface area (Å²) < 4.78 is 5.93. The lowest BCUT2D eigenvalue weighted by Crippen LogP contribution is -2.33. The molecule has 136 valence electrons. The van der Waals surface area contributed by atoms with Crippen molar-refractivity contribution < 1.29 is 9.21 Å². The molecule has 1 aliphatic heterocycles. The van der Waals surface area contributed by atoms with Gasteiger partial charge in [-0.2, -0.15) is 0 Å². The molecule has 27 heavy (non-hydrogen) atoms. The molecule has 0 saturated heterocycles.